The number of nitrogens with zero attached hydrogens (tertiary/aromatic N) is 3. The van der Waals surface area contributed by atoms with Gasteiger partial charge < -0.3 is 14.2 Å². The highest BCUT2D eigenvalue weighted by Crippen LogP contribution is 2.23. The molecular weight excluding hydrogens is 354 g/mol. The van der Waals surface area contributed by atoms with Crippen molar-refractivity contribution >= 4 is 17.5 Å². The van der Waals surface area contributed by atoms with Crippen LogP contribution >= 0.6 is 11.6 Å². The summed E-state index contributed by atoms with van der Waals surface area (Å²) in [5.74, 6) is 0.958. The molecule has 0 aromatic carbocycles. The number of pyridine rings is 1. The van der Waals surface area contributed by atoms with Gasteiger partial charge >= 0.3 is 0 Å². The minimum Gasteiger partial charge on any atom is -0.484 e. The number of amides is 1. The van der Waals surface area contributed by atoms with Gasteiger partial charge in [0.1, 0.15) is 12.4 Å². The number of ether oxygens (including phenoxy) is 1. The number of halogens is 1. The number of aromatic nitrogens is 2. The number of hydrogen-bond donors (Lipinski definition) is 0. The largest absolute Gasteiger partial charge is 0.484 e. The van der Waals surface area contributed by atoms with Crippen molar-refractivity contribution in [1.29, 1.82) is 0 Å². The van der Waals surface area contributed by atoms with Gasteiger partial charge in [-0.2, -0.15) is 0 Å². The first-order valence-electron chi connectivity index (χ1n) is 9.17. The Labute approximate surface area is 158 Å². The van der Waals surface area contributed by atoms with Crippen LogP contribution in [0, 0.1) is 0 Å². The lowest BCUT2D eigenvalue weighted by Crippen LogP contribution is -2.40. The van der Waals surface area contributed by atoms with Gasteiger partial charge in [-0.15, -0.1) is 0 Å². The van der Waals surface area contributed by atoms with Crippen molar-refractivity contribution in [3.8, 4) is 5.75 Å². The van der Waals surface area contributed by atoms with Gasteiger partial charge in [-0.25, -0.2) is 0 Å². The summed E-state index contributed by atoms with van der Waals surface area (Å²) < 4.78 is 10.8. The SMILES string of the molecule is CCN(C(=O)c1cc(COc2cncc(Cl)c2)on1)C1CCCCCC1. The Kier molecular flexibility index (Phi) is 6.50. The average Bonchev–Trinajstić information content (AvgIpc) is 2.96. The maximum Gasteiger partial charge on any atom is 0.276 e. The van der Waals surface area contributed by atoms with Crippen molar-refractivity contribution in [2.24, 2.45) is 0 Å². The van der Waals surface area contributed by atoms with Crippen LogP contribution in [0.4, 0.5) is 0 Å². The predicted octanol–water partition coefficient (Wildman–Crippen LogP) is 4.49. The maximum absolute atomic E-state index is 12.9. The van der Waals surface area contributed by atoms with Crippen molar-refractivity contribution in [2.75, 3.05) is 6.54 Å². The fourth-order valence-electron chi connectivity index (χ4n) is 3.39. The monoisotopic (exact) mass is 377 g/mol. The Morgan fingerprint density at radius 1 is 1.27 bits per heavy atom. The predicted molar refractivity (Wildman–Crippen MR) is 98.3 cm³/mol. The zero-order valence-corrected chi connectivity index (χ0v) is 15.7. The molecule has 1 aliphatic carbocycles. The van der Waals surface area contributed by atoms with Crippen LogP contribution in [0.3, 0.4) is 0 Å². The van der Waals surface area contributed by atoms with Crippen LogP contribution in [-0.4, -0.2) is 33.5 Å². The van der Waals surface area contributed by atoms with E-state index in [2.05, 4.69) is 10.1 Å². The van der Waals surface area contributed by atoms with Gasteiger partial charge in [0.2, 0.25) is 0 Å². The Morgan fingerprint density at radius 3 is 2.73 bits per heavy atom. The number of hydrogen-bond acceptors (Lipinski definition) is 5. The molecule has 1 fully saturated rings. The zero-order chi connectivity index (χ0) is 18.4. The Balaban J connectivity index is 1.62. The molecule has 2 aromatic rings. The molecule has 1 amide bonds. The van der Waals surface area contributed by atoms with Gasteiger partial charge in [0, 0.05) is 30.9 Å². The highest BCUT2D eigenvalue weighted by Gasteiger charge is 2.26. The van der Waals surface area contributed by atoms with Crippen LogP contribution in [0.5, 0.6) is 5.75 Å². The molecule has 140 valence electrons. The normalized spacial score (nSPS) is 15.5. The summed E-state index contributed by atoms with van der Waals surface area (Å²) in [5.41, 5.74) is 0.332. The average molecular weight is 378 g/mol. The molecular formula is C19H24ClN3O3. The van der Waals surface area contributed by atoms with Gasteiger partial charge in [0.15, 0.2) is 11.5 Å². The van der Waals surface area contributed by atoms with Crippen LogP contribution in [0.25, 0.3) is 0 Å². The summed E-state index contributed by atoms with van der Waals surface area (Å²) >= 11 is 5.88. The lowest BCUT2D eigenvalue weighted by Gasteiger charge is -2.29. The Morgan fingerprint density at radius 2 is 2.04 bits per heavy atom. The van der Waals surface area contributed by atoms with E-state index < -0.39 is 0 Å². The second-order valence-corrected chi connectivity index (χ2v) is 6.98. The van der Waals surface area contributed by atoms with Gasteiger partial charge in [0.05, 0.1) is 11.2 Å². The van der Waals surface area contributed by atoms with Crippen LogP contribution in [0.2, 0.25) is 5.02 Å². The maximum atomic E-state index is 12.9. The molecule has 0 spiro atoms. The van der Waals surface area contributed by atoms with Crippen LogP contribution in [0.1, 0.15) is 61.7 Å². The number of rotatable bonds is 6. The highest BCUT2D eigenvalue weighted by atomic mass is 35.5. The molecule has 1 saturated carbocycles. The van der Waals surface area contributed by atoms with Crippen molar-refractivity contribution < 1.29 is 14.1 Å². The van der Waals surface area contributed by atoms with Crippen molar-refractivity contribution in [3.05, 3.63) is 41.0 Å². The van der Waals surface area contributed by atoms with Gasteiger partial charge in [-0.3, -0.25) is 9.78 Å². The molecule has 0 atom stereocenters. The smallest absolute Gasteiger partial charge is 0.276 e. The zero-order valence-electron chi connectivity index (χ0n) is 15.0. The van der Waals surface area contributed by atoms with Gasteiger partial charge in [-0.05, 0) is 19.8 Å². The molecule has 26 heavy (non-hydrogen) atoms. The third-order valence-electron chi connectivity index (χ3n) is 4.71. The van der Waals surface area contributed by atoms with Crippen molar-refractivity contribution in [2.45, 2.75) is 58.1 Å². The van der Waals surface area contributed by atoms with Crippen molar-refractivity contribution in [1.82, 2.24) is 15.0 Å². The van der Waals surface area contributed by atoms with E-state index in [1.165, 1.54) is 31.9 Å². The second-order valence-electron chi connectivity index (χ2n) is 6.54. The van der Waals surface area contributed by atoms with E-state index >= 15 is 0 Å². The molecule has 3 rings (SSSR count). The van der Waals surface area contributed by atoms with E-state index in [1.807, 2.05) is 11.8 Å². The molecule has 6 nitrogen and oxygen atoms in total. The summed E-state index contributed by atoms with van der Waals surface area (Å²) in [6, 6.07) is 3.62. The van der Waals surface area contributed by atoms with Crippen LogP contribution < -0.4 is 4.74 Å². The fourth-order valence-corrected chi connectivity index (χ4v) is 3.56. The summed E-state index contributed by atoms with van der Waals surface area (Å²) in [6.45, 7) is 2.85. The lowest BCUT2D eigenvalue weighted by atomic mass is 10.1. The minimum atomic E-state index is -0.0705. The van der Waals surface area contributed by atoms with Gasteiger partial charge in [-0.1, -0.05) is 42.4 Å². The highest BCUT2D eigenvalue weighted by molar-refractivity contribution is 6.30. The van der Waals surface area contributed by atoms with Crippen LogP contribution in [-0.2, 0) is 6.61 Å². The third kappa shape index (κ3) is 4.75. The molecule has 0 aliphatic heterocycles. The minimum absolute atomic E-state index is 0.0705. The molecule has 0 unspecified atom stereocenters. The quantitative estimate of drug-likeness (QED) is 0.694. The molecule has 0 saturated heterocycles. The van der Waals surface area contributed by atoms with E-state index in [4.69, 9.17) is 20.9 Å². The number of carbonyl (C=O) groups excluding carboxylic acids is 1. The van der Waals surface area contributed by atoms with Crippen LogP contribution in [0.15, 0.2) is 29.0 Å². The molecule has 2 heterocycles. The molecule has 7 heteroatoms. The summed E-state index contributed by atoms with van der Waals surface area (Å²) in [5, 5.41) is 4.44. The molecule has 0 radical (unpaired) electrons. The van der Waals surface area contributed by atoms with Gasteiger partial charge in [0.25, 0.3) is 5.91 Å². The first-order valence-corrected chi connectivity index (χ1v) is 9.55. The molecule has 2 aromatic heterocycles. The summed E-state index contributed by atoms with van der Waals surface area (Å²) in [6.07, 6.45) is 10.1. The van der Waals surface area contributed by atoms with E-state index in [9.17, 15) is 4.79 Å². The summed E-state index contributed by atoms with van der Waals surface area (Å²) in [7, 11) is 0. The first kappa shape index (κ1) is 18.7. The second kappa shape index (κ2) is 9.03. The summed E-state index contributed by atoms with van der Waals surface area (Å²) in [4.78, 5) is 18.7. The van der Waals surface area contributed by atoms with Crippen molar-refractivity contribution in [3.63, 3.8) is 0 Å². The number of carbonyl (C=O) groups is 1. The van der Waals surface area contributed by atoms with E-state index in [0.717, 1.165) is 12.8 Å². The molecule has 1 aliphatic rings. The Hall–Kier alpha value is -2.08. The Bertz CT molecular complexity index is 726. The third-order valence-corrected chi connectivity index (χ3v) is 4.91. The standard InChI is InChI=1S/C19H24ClN3O3/c1-2-23(15-7-5-3-4-6-8-15)19(24)18-10-17(26-22-18)13-25-16-9-14(20)11-21-12-16/h9-12,15H,2-8,13H2,1H3. The van der Waals surface area contributed by atoms with E-state index in [1.54, 1.807) is 18.3 Å². The van der Waals surface area contributed by atoms with E-state index in [-0.39, 0.29) is 12.5 Å². The topological polar surface area (TPSA) is 68.5 Å². The fraction of sp³-hybridized carbons (Fsp3) is 0.526. The van der Waals surface area contributed by atoms with E-state index in [0.29, 0.717) is 34.8 Å². The molecule has 0 bridgehead atoms. The molecule has 0 N–H and O–H groups in total. The first-order chi connectivity index (χ1) is 12.7. The lowest BCUT2D eigenvalue weighted by molar-refractivity contribution is 0.0662.